The van der Waals surface area contributed by atoms with Crippen LogP contribution in [0.1, 0.15) is 12.2 Å². The third-order valence-electron chi connectivity index (χ3n) is 4.12. The van der Waals surface area contributed by atoms with Gasteiger partial charge in [-0.05, 0) is 30.4 Å². The molecule has 0 aliphatic heterocycles. The van der Waals surface area contributed by atoms with Crippen molar-refractivity contribution in [2.24, 2.45) is 0 Å². The molecule has 3 aromatic rings. The van der Waals surface area contributed by atoms with Crippen molar-refractivity contribution in [3.05, 3.63) is 48.1 Å². The SMILES string of the molecule is COC1=CC(OC)CC(c2nnc(Nc3ccc4[nH]ncc4c3)[nH]2)=C1. The summed E-state index contributed by atoms with van der Waals surface area (Å²) in [5.41, 5.74) is 2.87. The quantitative estimate of drug-likeness (QED) is 0.661. The van der Waals surface area contributed by atoms with E-state index in [0.717, 1.165) is 27.9 Å². The second-order valence-electron chi connectivity index (χ2n) is 5.74. The van der Waals surface area contributed by atoms with E-state index < -0.39 is 0 Å². The molecule has 1 aromatic carbocycles. The van der Waals surface area contributed by atoms with E-state index >= 15 is 0 Å². The molecule has 25 heavy (non-hydrogen) atoms. The van der Waals surface area contributed by atoms with E-state index in [2.05, 4.69) is 30.7 Å². The molecule has 0 saturated carbocycles. The maximum atomic E-state index is 5.43. The number of H-pyrrole nitrogens is 2. The first-order valence-corrected chi connectivity index (χ1v) is 7.87. The van der Waals surface area contributed by atoms with Gasteiger partial charge in [0.05, 0.1) is 24.9 Å². The van der Waals surface area contributed by atoms with Crippen molar-refractivity contribution in [3.8, 4) is 0 Å². The number of methoxy groups -OCH3 is 2. The van der Waals surface area contributed by atoms with Gasteiger partial charge in [-0.3, -0.25) is 5.10 Å². The zero-order chi connectivity index (χ0) is 17.2. The predicted octanol–water partition coefficient (Wildman–Crippen LogP) is 2.76. The van der Waals surface area contributed by atoms with Gasteiger partial charge in [0.1, 0.15) is 5.76 Å². The second kappa shape index (κ2) is 6.40. The number of nitrogens with one attached hydrogen (secondary N) is 3. The van der Waals surface area contributed by atoms with Gasteiger partial charge in [-0.15, -0.1) is 10.2 Å². The summed E-state index contributed by atoms with van der Waals surface area (Å²) in [5.74, 6) is 2.02. The van der Waals surface area contributed by atoms with Crippen LogP contribution < -0.4 is 5.32 Å². The van der Waals surface area contributed by atoms with Gasteiger partial charge < -0.3 is 19.8 Å². The van der Waals surface area contributed by atoms with Gasteiger partial charge in [0.25, 0.3) is 0 Å². The number of anilines is 2. The van der Waals surface area contributed by atoms with Crippen molar-refractivity contribution in [2.45, 2.75) is 12.5 Å². The normalized spacial score (nSPS) is 17.3. The van der Waals surface area contributed by atoms with E-state index in [1.807, 2.05) is 30.4 Å². The number of aromatic amines is 2. The largest absolute Gasteiger partial charge is 0.497 e. The number of aromatic nitrogens is 5. The molecular formula is C17H18N6O2. The van der Waals surface area contributed by atoms with Gasteiger partial charge in [-0.1, -0.05) is 0 Å². The molecule has 0 bridgehead atoms. The van der Waals surface area contributed by atoms with Gasteiger partial charge >= 0.3 is 0 Å². The molecule has 1 atom stereocenters. The van der Waals surface area contributed by atoms with Crippen molar-refractivity contribution >= 4 is 28.1 Å². The van der Waals surface area contributed by atoms with Crippen molar-refractivity contribution in [1.29, 1.82) is 0 Å². The maximum Gasteiger partial charge on any atom is 0.226 e. The molecule has 128 valence electrons. The lowest BCUT2D eigenvalue weighted by Crippen LogP contribution is -2.13. The van der Waals surface area contributed by atoms with E-state index in [4.69, 9.17) is 9.47 Å². The Balaban J connectivity index is 1.55. The van der Waals surface area contributed by atoms with E-state index in [-0.39, 0.29) is 6.10 Å². The highest BCUT2D eigenvalue weighted by molar-refractivity contribution is 5.82. The average molecular weight is 338 g/mol. The summed E-state index contributed by atoms with van der Waals surface area (Å²) < 4.78 is 10.8. The van der Waals surface area contributed by atoms with Crippen molar-refractivity contribution in [2.75, 3.05) is 19.5 Å². The van der Waals surface area contributed by atoms with Gasteiger partial charge in [-0.25, -0.2) is 0 Å². The Morgan fingerprint density at radius 1 is 1.24 bits per heavy atom. The highest BCUT2D eigenvalue weighted by Crippen LogP contribution is 2.27. The van der Waals surface area contributed by atoms with Crippen LogP contribution in [0.4, 0.5) is 11.6 Å². The van der Waals surface area contributed by atoms with Crippen molar-refractivity contribution in [1.82, 2.24) is 25.4 Å². The smallest absolute Gasteiger partial charge is 0.226 e. The zero-order valence-corrected chi connectivity index (χ0v) is 13.9. The second-order valence-corrected chi connectivity index (χ2v) is 5.74. The molecule has 3 N–H and O–H groups in total. The monoisotopic (exact) mass is 338 g/mol. The van der Waals surface area contributed by atoms with Crippen LogP contribution in [0.25, 0.3) is 16.5 Å². The number of benzene rings is 1. The number of hydrogen-bond donors (Lipinski definition) is 3. The van der Waals surface area contributed by atoms with Crippen LogP contribution in [0.15, 0.2) is 42.3 Å². The first kappa shape index (κ1) is 15.4. The molecule has 8 heteroatoms. The first-order chi connectivity index (χ1) is 12.2. The first-order valence-electron chi connectivity index (χ1n) is 7.87. The summed E-state index contributed by atoms with van der Waals surface area (Å²) in [6.07, 6.45) is 6.33. The van der Waals surface area contributed by atoms with Crippen LogP contribution >= 0.6 is 0 Å². The Morgan fingerprint density at radius 2 is 2.16 bits per heavy atom. The van der Waals surface area contributed by atoms with Crippen LogP contribution in [0.3, 0.4) is 0 Å². The Bertz CT molecular complexity index is 955. The predicted molar refractivity (Wildman–Crippen MR) is 94.2 cm³/mol. The Morgan fingerprint density at radius 3 is 3.00 bits per heavy atom. The van der Waals surface area contributed by atoms with E-state index in [1.54, 1.807) is 20.4 Å². The van der Waals surface area contributed by atoms with E-state index in [1.165, 1.54) is 0 Å². The standard InChI is InChI=1S/C17H18N6O2/c1-24-13-6-10(7-14(8-13)25-2)16-20-17(23-22-16)19-12-3-4-15-11(5-12)9-18-21-15/h3-6,8-9,14H,7H2,1-2H3,(H,18,21)(H2,19,20,22,23). The van der Waals surface area contributed by atoms with Crippen LogP contribution in [0.5, 0.6) is 0 Å². The van der Waals surface area contributed by atoms with Crippen molar-refractivity contribution in [3.63, 3.8) is 0 Å². The number of hydrogen-bond acceptors (Lipinski definition) is 6. The summed E-state index contributed by atoms with van der Waals surface area (Å²) in [5, 5.41) is 19.6. The van der Waals surface area contributed by atoms with E-state index in [0.29, 0.717) is 18.2 Å². The minimum Gasteiger partial charge on any atom is -0.497 e. The number of rotatable bonds is 5. The van der Waals surface area contributed by atoms with Gasteiger partial charge in [0, 0.05) is 30.2 Å². The molecule has 0 amide bonds. The number of allylic oxidation sites excluding steroid dienone is 1. The zero-order valence-electron chi connectivity index (χ0n) is 13.9. The minimum absolute atomic E-state index is 0.0417. The molecular weight excluding hydrogens is 320 g/mol. The van der Waals surface area contributed by atoms with Crippen LogP contribution in [-0.2, 0) is 9.47 Å². The van der Waals surface area contributed by atoms with Crippen LogP contribution in [-0.4, -0.2) is 45.7 Å². The van der Waals surface area contributed by atoms with E-state index in [9.17, 15) is 0 Å². The fraction of sp³-hybridized carbons (Fsp3) is 0.235. The number of fused-ring (bicyclic) bond motifs is 1. The van der Waals surface area contributed by atoms with Gasteiger partial charge in [0.2, 0.25) is 5.95 Å². The third kappa shape index (κ3) is 3.11. The highest BCUT2D eigenvalue weighted by Gasteiger charge is 2.19. The summed E-state index contributed by atoms with van der Waals surface area (Å²) in [6.45, 7) is 0. The lowest BCUT2D eigenvalue weighted by atomic mass is 10.0. The fourth-order valence-electron chi connectivity index (χ4n) is 2.80. The molecule has 4 rings (SSSR count). The molecule has 8 nitrogen and oxygen atoms in total. The van der Waals surface area contributed by atoms with Crippen LogP contribution in [0, 0.1) is 0 Å². The summed E-state index contributed by atoms with van der Waals surface area (Å²) in [6, 6.07) is 5.91. The molecule has 1 aliphatic carbocycles. The molecule has 0 saturated heterocycles. The van der Waals surface area contributed by atoms with Crippen molar-refractivity contribution < 1.29 is 9.47 Å². The molecule has 1 aliphatic rings. The summed E-state index contributed by atoms with van der Waals surface area (Å²) in [7, 11) is 3.31. The Hall–Kier alpha value is -3.13. The summed E-state index contributed by atoms with van der Waals surface area (Å²) in [4.78, 5) is 3.20. The third-order valence-corrected chi connectivity index (χ3v) is 4.12. The average Bonchev–Trinajstić information content (AvgIpc) is 3.30. The fourth-order valence-corrected chi connectivity index (χ4v) is 2.80. The van der Waals surface area contributed by atoms with Gasteiger partial charge in [0.15, 0.2) is 5.82 Å². The highest BCUT2D eigenvalue weighted by atomic mass is 16.5. The lowest BCUT2D eigenvalue weighted by Gasteiger charge is -2.18. The number of nitrogens with zero attached hydrogens (tertiary/aromatic N) is 3. The molecule has 0 spiro atoms. The molecule has 0 radical (unpaired) electrons. The molecule has 1 unspecified atom stereocenters. The minimum atomic E-state index is -0.0417. The topological polar surface area (TPSA) is 101 Å². The van der Waals surface area contributed by atoms with Crippen LogP contribution in [0.2, 0.25) is 0 Å². The summed E-state index contributed by atoms with van der Waals surface area (Å²) >= 11 is 0. The number of ether oxygens (including phenoxy) is 2. The lowest BCUT2D eigenvalue weighted by molar-refractivity contribution is 0.138. The Labute approximate surface area is 143 Å². The molecule has 2 heterocycles. The maximum absolute atomic E-state index is 5.43. The molecule has 2 aromatic heterocycles. The van der Waals surface area contributed by atoms with Gasteiger partial charge in [-0.2, -0.15) is 5.10 Å². The molecule has 0 fully saturated rings. The Kier molecular flexibility index (Phi) is 3.95.